The van der Waals surface area contributed by atoms with E-state index in [4.69, 9.17) is 5.11 Å². The van der Waals surface area contributed by atoms with Crippen LogP contribution in [0.2, 0.25) is 0 Å². The van der Waals surface area contributed by atoms with Gasteiger partial charge in [0.2, 0.25) is 0 Å². The summed E-state index contributed by atoms with van der Waals surface area (Å²) in [6.07, 6.45) is 3.43. The molecule has 0 bridgehead atoms. The van der Waals surface area contributed by atoms with Crippen molar-refractivity contribution in [2.75, 3.05) is 0 Å². The Kier molecular flexibility index (Phi) is 4.13. The van der Waals surface area contributed by atoms with E-state index < -0.39 is 6.09 Å². The molecule has 2 rings (SSSR count). The minimum absolute atomic E-state index is 0.267. The quantitative estimate of drug-likeness (QED) is 0.883. The molecular weight excluding hydrogens is 240 g/mol. The Morgan fingerprint density at radius 1 is 1.16 bits per heavy atom. The van der Waals surface area contributed by atoms with Crippen LogP contribution >= 0.6 is 0 Å². The van der Waals surface area contributed by atoms with Gasteiger partial charge in [-0.2, -0.15) is 0 Å². The predicted molar refractivity (Wildman–Crippen MR) is 73.9 cm³/mol. The summed E-state index contributed by atoms with van der Waals surface area (Å²) in [5.74, 6) is 0. The maximum Gasteiger partial charge on any atom is 0.404 e. The Balaban J connectivity index is 2.19. The molecule has 0 fully saturated rings. The molecule has 4 nitrogen and oxygen atoms in total. The summed E-state index contributed by atoms with van der Waals surface area (Å²) in [5, 5.41) is 10.9. The molecule has 2 N–H and O–H groups in total. The largest absolute Gasteiger partial charge is 0.465 e. The van der Waals surface area contributed by atoms with E-state index in [1.807, 2.05) is 6.07 Å². The van der Waals surface area contributed by atoms with Crippen LogP contribution in [0.15, 0.2) is 42.7 Å². The number of hydrogen-bond acceptors (Lipinski definition) is 2. The van der Waals surface area contributed by atoms with Crippen molar-refractivity contribution in [2.24, 2.45) is 0 Å². The highest BCUT2D eigenvalue weighted by Gasteiger charge is 2.02. The van der Waals surface area contributed by atoms with Crippen LogP contribution in [0.25, 0.3) is 11.1 Å². The number of aryl methyl sites for hydroxylation is 1. The highest BCUT2D eigenvalue weighted by atomic mass is 16.4. The molecule has 4 heteroatoms. The highest BCUT2D eigenvalue weighted by molar-refractivity contribution is 5.65. The monoisotopic (exact) mass is 256 g/mol. The lowest BCUT2D eigenvalue weighted by molar-refractivity contribution is 0.194. The van der Waals surface area contributed by atoms with Gasteiger partial charge in [0.05, 0.1) is 0 Å². The van der Waals surface area contributed by atoms with Crippen molar-refractivity contribution in [1.29, 1.82) is 0 Å². The molecule has 0 unspecified atom stereocenters. The third kappa shape index (κ3) is 3.55. The second-order valence-corrected chi connectivity index (χ2v) is 4.29. The summed E-state index contributed by atoms with van der Waals surface area (Å²) in [4.78, 5) is 14.6. The van der Waals surface area contributed by atoms with Gasteiger partial charge in [0.15, 0.2) is 0 Å². The molecule has 1 aromatic carbocycles. The molecule has 0 saturated carbocycles. The standard InChI is InChI=1S/C15H16N2O2/c1-2-11-3-5-13(6-4-11)14-7-12(8-16-10-14)9-17-15(18)19/h3-8,10,17H,2,9H2,1H3,(H,18,19). The maximum absolute atomic E-state index is 10.5. The van der Waals surface area contributed by atoms with Crippen molar-refractivity contribution in [3.63, 3.8) is 0 Å². The van der Waals surface area contributed by atoms with Gasteiger partial charge >= 0.3 is 6.09 Å². The zero-order valence-electron chi connectivity index (χ0n) is 10.8. The molecule has 0 radical (unpaired) electrons. The van der Waals surface area contributed by atoms with Crippen LogP contribution in [0.4, 0.5) is 4.79 Å². The molecule has 98 valence electrons. The van der Waals surface area contributed by atoms with E-state index in [1.165, 1.54) is 5.56 Å². The van der Waals surface area contributed by atoms with Gasteiger partial charge in [0, 0.05) is 24.5 Å². The Hall–Kier alpha value is -2.36. The predicted octanol–water partition coefficient (Wildman–Crippen LogP) is 3.08. The van der Waals surface area contributed by atoms with Crippen LogP contribution in [-0.4, -0.2) is 16.2 Å². The lowest BCUT2D eigenvalue weighted by Gasteiger charge is -2.06. The number of hydrogen-bond donors (Lipinski definition) is 2. The van der Waals surface area contributed by atoms with Gasteiger partial charge in [-0.3, -0.25) is 4.98 Å². The average molecular weight is 256 g/mol. The fourth-order valence-electron chi connectivity index (χ4n) is 1.85. The summed E-state index contributed by atoms with van der Waals surface area (Å²) in [5.41, 5.74) is 4.22. The molecule has 0 spiro atoms. The first-order valence-electron chi connectivity index (χ1n) is 6.19. The van der Waals surface area contributed by atoms with Gasteiger partial charge in [-0.25, -0.2) is 4.79 Å². The second-order valence-electron chi connectivity index (χ2n) is 4.29. The van der Waals surface area contributed by atoms with E-state index in [-0.39, 0.29) is 6.54 Å². The summed E-state index contributed by atoms with van der Waals surface area (Å²) < 4.78 is 0. The molecule has 1 aromatic heterocycles. The maximum atomic E-state index is 10.5. The fourth-order valence-corrected chi connectivity index (χ4v) is 1.85. The third-order valence-corrected chi connectivity index (χ3v) is 2.93. The van der Waals surface area contributed by atoms with E-state index in [2.05, 4.69) is 41.5 Å². The number of aromatic nitrogens is 1. The normalized spacial score (nSPS) is 10.2. The molecule has 0 aliphatic carbocycles. The smallest absolute Gasteiger partial charge is 0.404 e. The van der Waals surface area contributed by atoms with Gasteiger partial charge in [-0.15, -0.1) is 0 Å². The van der Waals surface area contributed by atoms with E-state index in [0.717, 1.165) is 23.1 Å². The molecule has 1 amide bonds. The van der Waals surface area contributed by atoms with Crippen LogP contribution in [0, 0.1) is 0 Å². The van der Waals surface area contributed by atoms with Crippen LogP contribution in [0.3, 0.4) is 0 Å². The molecule has 2 aromatic rings. The zero-order chi connectivity index (χ0) is 13.7. The Morgan fingerprint density at radius 2 is 1.89 bits per heavy atom. The Morgan fingerprint density at radius 3 is 2.53 bits per heavy atom. The number of amides is 1. The number of rotatable bonds is 4. The first-order chi connectivity index (χ1) is 9.19. The lowest BCUT2D eigenvalue weighted by atomic mass is 10.0. The van der Waals surface area contributed by atoms with E-state index in [9.17, 15) is 4.79 Å². The molecule has 0 saturated heterocycles. The van der Waals surface area contributed by atoms with Crippen molar-refractivity contribution in [2.45, 2.75) is 19.9 Å². The number of carbonyl (C=O) groups is 1. The first kappa shape index (κ1) is 13.1. The van der Waals surface area contributed by atoms with Gasteiger partial charge in [0.1, 0.15) is 0 Å². The number of benzene rings is 1. The van der Waals surface area contributed by atoms with E-state index in [0.29, 0.717) is 0 Å². The fraction of sp³-hybridized carbons (Fsp3) is 0.200. The van der Waals surface area contributed by atoms with E-state index in [1.54, 1.807) is 12.4 Å². The zero-order valence-corrected chi connectivity index (χ0v) is 10.8. The van der Waals surface area contributed by atoms with Gasteiger partial charge < -0.3 is 10.4 Å². The Labute approximate surface area is 112 Å². The molecule has 19 heavy (non-hydrogen) atoms. The van der Waals surface area contributed by atoms with Gasteiger partial charge in [-0.05, 0) is 29.2 Å². The Bertz CT molecular complexity index is 565. The number of nitrogens with one attached hydrogen (secondary N) is 1. The number of nitrogens with zero attached hydrogens (tertiary/aromatic N) is 1. The second kappa shape index (κ2) is 6.00. The SMILES string of the molecule is CCc1ccc(-c2cncc(CNC(=O)O)c2)cc1. The first-order valence-corrected chi connectivity index (χ1v) is 6.19. The minimum atomic E-state index is -1.03. The van der Waals surface area contributed by atoms with E-state index >= 15 is 0 Å². The molecule has 1 heterocycles. The van der Waals surface area contributed by atoms with Crippen LogP contribution in [0.5, 0.6) is 0 Å². The minimum Gasteiger partial charge on any atom is -0.465 e. The van der Waals surface area contributed by atoms with Crippen LogP contribution < -0.4 is 5.32 Å². The summed E-state index contributed by atoms with van der Waals surface area (Å²) in [6, 6.07) is 10.3. The van der Waals surface area contributed by atoms with Crippen LogP contribution in [-0.2, 0) is 13.0 Å². The van der Waals surface area contributed by atoms with Crippen molar-refractivity contribution in [3.8, 4) is 11.1 Å². The molecule has 0 aliphatic heterocycles. The van der Waals surface area contributed by atoms with Crippen molar-refractivity contribution in [3.05, 3.63) is 53.9 Å². The summed E-state index contributed by atoms with van der Waals surface area (Å²) in [6.45, 7) is 2.39. The molecule has 0 aliphatic rings. The number of carboxylic acid groups (broad SMARTS) is 1. The average Bonchev–Trinajstić information content (AvgIpc) is 2.45. The topological polar surface area (TPSA) is 62.2 Å². The lowest BCUT2D eigenvalue weighted by Crippen LogP contribution is -2.19. The summed E-state index contributed by atoms with van der Waals surface area (Å²) >= 11 is 0. The van der Waals surface area contributed by atoms with Gasteiger partial charge in [0.25, 0.3) is 0 Å². The van der Waals surface area contributed by atoms with Gasteiger partial charge in [-0.1, -0.05) is 31.2 Å². The molecule has 0 atom stereocenters. The van der Waals surface area contributed by atoms with Crippen molar-refractivity contribution < 1.29 is 9.90 Å². The van der Waals surface area contributed by atoms with Crippen molar-refractivity contribution in [1.82, 2.24) is 10.3 Å². The number of pyridine rings is 1. The van der Waals surface area contributed by atoms with Crippen LogP contribution in [0.1, 0.15) is 18.1 Å². The van der Waals surface area contributed by atoms with Crippen molar-refractivity contribution >= 4 is 6.09 Å². The molecular formula is C15H16N2O2. The summed E-state index contributed by atoms with van der Waals surface area (Å²) in [7, 11) is 0. The third-order valence-electron chi connectivity index (χ3n) is 2.93. The highest BCUT2D eigenvalue weighted by Crippen LogP contribution is 2.20.